The van der Waals surface area contributed by atoms with E-state index in [0.717, 1.165) is 5.69 Å². The Morgan fingerprint density at radius 2 is 1.96 bits per heavy atom. The molecule has 0 aliphatic rings. The highest BCUT2D eigenvalue weighted by Gasteiger charge is 2.20. The van der Waals surface area contributed by atoms with Crippen molar-refractivity contribution in [3.05, 3.63) is 54.6 Å². The summed E-state index contributed by atoms with van der Waals surface area (Å²) >= 11 is 0. The molecule has 0 bridgehead atoms. The van der Waals surface area contributed by atoms with Crippen molar-refractivity contribution in [2.45, 2.75) is 19.4 Å². The zero-order valence-electron chi connectivity index (χ0n) is 12.9. The van der Waals surface area contributed by atoms with Crippen molar-refractivity contribution in [2.75, 3.05) is 0 Å². The Bertz CT molecular complexity index is 954. The van der Waals surface area contributed by atoms with Crippen LogP contribution in [0.15, 0.2) is 43.1 Å². The first kappa shape index (κ1) is 14.2. The van der Waals surface area contributed by atoms with Gasteiger partial charge >= 0.3 is 0 Å². The summed E-state index contributed by atoms with van der Waals surface area (Å²) in [6.45, 7) is 1.97. The SMILES string of the molecule is CC[C@H](NC(=O)c1nc2ncccn2n1)c1cn2cccnc2n1. The third-order valence-electron chi connectivity index (χ3n) is 3.64. The van der Waals surface area contributed by atoms with Gasteiger partial charge in [0.25, 0.3) is 11.7 Å². The number of nitrogens with one attached hydrogen (secondary N) is 1. The topological polar surface area (TPSA) is 102 Å². The predicted molar refractivity (Wildman–Crippen MR) is 84.3 cm³/mol. The van der Waals surface area contributed by atoms with Gasteiger partial charge < -0.3 is 5.32 Å². The Morgan fingerprint density at radius 1 is 1.17 bits per heavy atom. The van der Waals surface area contributed by atoms with Crippen molar-refractivity contribution < 1.29 is 4.79 Å². The number of hydrogen-bond donors (Lipinski definition) is 1. The van der Waals surface area contributed by atoms with E-state index in [9.17, 15) is 4.79 Å². The molecule has 0 saturated carbocycles. The molecular weight excluding hydrogens is 308 g/mol. The van der Waals surface area contributed by atoms with Crippen LogP contribution in [-0.4, -0.2) is 39.9 Å². The minimum Gasteiger partial charge on any atom is -0.341 e. The van der Waals surface area contributed by atoms with Gasteiger partial charge in [0.05, 0.1) is 11.7 Å². The standard InChI is InChI=1S/C15H14N8O/c1-2-10(11-9-22-7-3-5-16-14(22)19-11)18-13(24)12-20-15-17-6-4-8-23(15)21-12/h3-10H,2H2,1H3,(H,18,24)/t10-/m0/s1. The molecule has 4 rings (SSSR count). The minimum atomic E-state index is -0.364. The van der Waals surface area contributed by atoms with E-state index in [0.29, 0.717) is 18.0 Å². The third kappa shape index (κ3) is 2.45. The number of imidazole rings is 1. The molecule has 1 N–H and O–H groups in total. The van der Waals surface area contributed by atoms with Gasteiger partial charge in [-0.3, -0.25) is 9.20 Å². The van der Waals surface area contributed by atoms with E-state index in [2.05, 4.69) is 30.4 Å². The monoisotopic (exact) mass is 322 g/mol. The van der Waals surface area contributed by atoms with Gasteiger partial charge in [-0.2, -0.15) is 4.98 Å². The van der Waals surface area contributed by atoms with E-state index in [4.69, 9.17) is 0 Å². The number of nitrogens with zero attached hydrogens (tertiary/aromatic N) is 7. The smallest absolute Gasteiger partial charge is 0.291 e. The third-order valence-corrected chi connectivity index (χ3v) is 3.64. The quantitative estimate of drug-likeness (QED) is 0.602. The van der Waals surface area contributed by atoms with Crippen LogP contribution in [0.2, 0.25) is 0 Å². The van der Waals surface area contributed by atoms with Crippen LogP contribution >= 0.6 is 0 Å². The molecule has 120 valence electrons. The zero-order valence-corrected chi connectivity index (χ0v) is 12.9. The predicted octanol–water partition coefficient (Wildman–Crippen LogP) is 1.05. The van der Waals surface area contributed by atoms with Crippen molar-refractivity contribution >= 4 is 17.5 Å². The molecule has 0 spiro atoms. The van der Waals surface area contributed by atoms with Gasteiger partial charge in [0.2, 0.25) is 11.6 Å². The number of carbonyl (C=O) groups is 1. The van der Waals surface area contributed by atoms with Crippen LogP contribution in [0.25, 0.3) is 11.6 Å². The fourth-order valence-electron chi connectivity index (χ4n) is 2.45. The first-order valence-corrected chi connectivity index (χ1v) is 7.52. The summed E-state index contributed by atoms with van der Waals surface area (Å²) in [6, 6.07) is 3.30. The number of carbonyl (C=O) groups excluding carboxylic acids is 1. The lowest BCUT2D eigenvalue weighted by atomic mass is 10.1. The molecule has 4 heterocycles. The number of aromatic nitrogens is 7. The van der Waals surface area contributed by atoms with Crippen molar-refractivity contribution in [1.82, 2.24) is 39.3 Å². The second-order valence-electron chi connectivity index (χ2n) is 5.23. The molecule has 1 amide bonds. The van der Waals surface area contributed by atoms with E-state index in [1.54, 1.807) is 24.7 Å². The Kier molecular flexibility index (Phi) is 3.38. The summed E-state index contributed by atoms with van der Waals surface area (Å²) in [7, 11) is 0. The molecule has 0 fully saturated rings. The first-order valence-electron chi connectivity index (χ1n) is 7.52. The lowest BCUT2D eigenvalue weighted by Gasteiger charge is -2.12. The highest BCUT2D eigenvalue weighted by Crippen LogP contribution is 2.16. The largest absolute Gasteiger partial charge is 0.341 e. The lowest BCUT2D eigenvalue weighted by Crippen LogP contribution is -2.29. The maximum Gasteiger partial charge on any atom is 0.291 e. The molecule has 0 aliphatic heterocycles. The fourth-order valence-corrected chi connectivity index (χ4v) is 2.45. The number of fused-ring (bicyclic) bond motifs is 2. The Hall–Kier alpha value is -3.36. The van der Waals surface area contributed by atoms with Gasteiger partial charge in [-0.1, -0.05) is 6.92 Å². The van der Waals surface area contributed by atoms with Crippen LogP contribution in [0.1, 0.15) is 35.7 Å². The van der Waals surface area contributed by atoms with Gasteiger partial charge in [-0.15, -0.1) is 5.10 Å². The summed E-state index contributed by atoms with van der Waals surface area (Å²) in [5.74, 6) is 0.689. The van der Waals surface area contributed by atoms with E-state index in [1.807, 2.05) is 29.8 Å². The second kappa shape index (κ2) is 5.69. The average Bonchev–Trinajstić information content (AvgIpc) is 3.23. The molecular formula is C15H14N8O. The molecule has 0 saturated heterocycles. The van der Waals surface area contributed by atoms with Gasteiger partial charge in [0, 0.05) is 31.0 Å². The summed E-state index contributed by atoms with van der Waals surface area (Å²) in [5, 5.41) is 7.04. The average molecular weight is 322 g/mol. The molecule has 1 atom stereocenters. The maximum atomic E-state index is 12.4. The number of amides is 1. The fraction of sp³-hybridized carbons (Fsp3) is 0.200. The van der Waals surface area contributed by atoms with Gasteiger partial charge in [-0.05, 0) is 18.6 Å². The molecule has 9 heteroatoms. The molecule has 4 aromatic heterocycles. The van der Waals surface area contributed by atoms with Gasteiger partial charge in [0.15, 0.2) is 0 Å². The van der Waals surface area contributed by atoms with Gasteiger partial charge in [0.1, 0.15) is 0 Å². The highest BCUT2D eigenvalue weighted by atomic mass is 16.2. The lowest BCUT2D eigenvalue weighted by molar-refractivity contribution is 0.0924. The summed E-state index contributed by atoms with van der Waals surface area (Å²) in [4.78, 5) is 29.3. The van der Waals surface area contributed by atoms with Crippen LogP contribution in [0, 0.1) is 0 Å². The molecule has 24 heavy (non-hydrogen) atoms. The van der Waals surface area contributed by atoms with Crippen LogP contribution in [0.4, 0.5) is 0 Å². The van der Waals surface area contributed by atoms with Crippen molar-refractivity contribution in [3.63, 3.8) is 0 Å². The number of rotatable bonds is 4. The maximum absolute atomic E-state index is 12.4. The van der Waals surface area contributed by atoms with Crippen molar-refractivity contribution in [2.24, 2.45) is 0 Å². The van der Waals surface area contributed by atoms with Crippen LogP contribution < -0.4 is 5.32 Å². The van der Waals surface area contributed by atoms with Crippen molar-refractivity contribution in [1.29, 1.82) is 0 Å². The van der Waals surface area contributed by atoms with E-state index in [-0.39, 0.29) is 17.8 Å². The molecule has 0 aliphatic carbocycles. The summed E-state index contributed by atoms with van der Waals surface area (Å²) < 4.78 is 3.28. The molecule has 0 aromatic carbocycles. The van der Waals surface area contributed by atoms with Gasteiger partial charge in [-0.25, -0.2) is 19.5 Å². The Labute approximate surface area is 136 Å². The van der Waals surface area contributed by atoms with E-state index in [1.165, 1.54) is 4.52 Å². The highest BCUT2D eigenvalue weighted by molar-refractivity contribution is 5.91. The van der Waals surface area contributed by atoms with E-state index >= 15 is 0 Å². The molecule has 9 nitrogen and oxygen atoms in total. The second-order valence-corrected chi connectivity index (χ2v) is 5.23. The molecule has 4 aromatic rings. The van der Waals surface area contributed by atoms with Crippen LogP contribution in [-0.2, 0) is 0 Å². The summed E-state index contributed by atoms with van der Waals surface area (Å²) in [6.07, 6.45) is 9.38. The Balaban J connectivity index is 1.60. The molecule has 0 radical (unpaired) electrons. The van der Waals surface area contributed by atoms with Crippen LogP contribution in [0.3, 0.4) is 0 Å². The normalized spacial score (nSPS) is 12.5. The molecule has 0 unspecified atom stereocenters. The first-order chi connectivity index (χ1) is 11.7. The Morgan fingerprint density at radius 3 is 2.71 bits per heavy atom. The van der Waals surface area contributed by atoms with E-state index < -0.39 is 0 Å². The number of hydrogen-bond acceptors (Lipinski definition) is 6. The minimum absolute atomic E-state index is 0.0778. The van der Waals surface area contributed by atoms with Crippen molar-refractivity contribution in [3.8, 4) is 0 Å². The van der Waals surface area contributed by atoms with Crippen LogP contribution in [0.5, 0.6) is 0 Å². The summed E-state index contributed by atoms with van der Waals surface area (Å²) in [5.41, 5.74) is 0.742. The zero-order chi connectivity index (χ0) is 16.5.